The van der Waals surface area contributed by atoms with E-state index in [4.69, 9.17) is 0 Å². The second-order valence-electron chi connectivity index (χ2n) is 5.47. The van der Waals surface area contributed by atoms with Crippen molar-refractivity contribution in [3.8, 4) is 0 Å². The van der Waals surface area contributed by atoms with Gasteiger partial charge in [0.05, 0.1) is 0 Å². The highest BCUT2D eigenvalue weighted by Gasteiger charge is 2.11. The highest BCUT2D eigenvalue weighted by Crippen LogP contribution is 2.26. The number of benzene rings is 2. The van der Waals surface area contributed by atoms with Gasteiger partial charge in [0.1, 0.15) is 0 Å². The molecule has 1 N–H and O–H groups in total. The minimum absolute atomic E-state index is 0.415. The topological polar surface area (TPSA) is 12.0 Å². The van der Waals surface area contributed by atoms with Gasteiger partial charge in [0.15, 0.2) is 0 Å². The van der Waals surface area contributed by atoms with Crippen LogP contribution in [0.4, 0.5) is 0 Å². The van der Waals surface area contributed by atoms with E-state index in [1.165, 1.54) is 21.6 Å². The Labute approximate surface area is 133 Å². The van der Waals surface area contributed by atoms with Crippen molar-refractivity contribution in [2.75, 3.05) is 12.3 Å². The minimum Gasteiger partial charge on any atom is -0.309 e. The molecule has 0 heterocycles. The molecule has 0 amide bonds. The summed E-state index contributed by atoms with van der Waals surface area (Å²) in [4.78, 5) is 1.36. The fourth-order valence-electron chi connectivity index (χ4n) is 2.26. The minimum atomic E-state index is 0.415. The van der Waals surface area contributed by atoms with Gasteiger partial charge in [0.25, 0.3) is 0 Å². The molecule has 0 saturated heterocycles. The van der Waals surface area contributed by atoms with Crippen molar-refractivity contribution in [3.05, 3.63) is 65.2 Å². The first-order chi connectivity index (χ1) is 10.2. The fraction of sp³-hybridized carbons (Fsp3) is 0.368. The van der Waals surface area contributed by atoms with Crippen molar-refractivity contribution in [1.29, 1.82) is 0 Å². The van der Waals surface area contributed by atoms with E-state index in [0.717, 1.165) is 18.7 Å². The molecule has 0 spiro atoms. The van der Waals surface area contributed by atoms with E-state index in [-0.39, 0.29) is 0 Å². The van der Waals surface area contributed by atoms with Gasteiger partial charge in [-0.1, -0.05) is 43.3 Å². The molecule has 1 unspecified atom stereocenters. The van der Waals surface area contributed by atoms with Gasteiger partial charge in [-0.05, 0) is 55.6 Å². The molecule has 2 heteroatoms. The van der Waals surface area contributed by atoms with Crippen LogP contribution in [0.1, 0.15) is 36.1 Å². The lowest BCUT2D eigenvalue weighted by Gasteiger charge is -2.19. The molecule has 0 aromatic heterocycles. The molecule has 2 rings (SSSR count). The number of nitrogens with one attached hydrogen (secondary N) is 1. The zero-order valence-corrected chi connectivity index (χ0v) is 14.0. The molecule has 112 valence electrons. The Morgan fingerprint density at radius 1 is 1.00 bits per heavy atom. The first-order valence-corrected chi connectivity index (χ1v) is 8.67. The molecule has 1 nitrogen and oxygen atoms in total. The molecule has 21 heavy (non-hydrogen) atoms. The monoisotopic (exact) mass is 299 g/mol. The van der Waals surface area contributed by atoms with Gasteiger partial charge in [-0.25, -0.2) is 0 Å². The Kier molecular flexibility index (Phi) is 6.34. The smallest absolute Gasteiger partial charge is 0.0415 e. The van der Waals surface area contributed by atoms with Gasteiger partial charge in [-0.2, -0.15) is 0 Å². The Morgan fingerprint density at radius 3 is 2.43 bits per heavy atom. The number of hydrogen-bond acceptors (Lipinski definition) is 2. The van der Waals surface area contributed by atoms with Crippen LogP contribution in [0.25, 0.3) is 0 Å². The summed E-state index contributed by atoms with van der Waals surface area (Å²) in [7, 11) is 0. The summed E-state index contributed by atoms with van der Waals surface area (Å²) in [5.74, 6) is 1.06. The van der Waals surface area contributed by atoms with Gasteiger partial charge < -0.3 is 5.32 Å². The molecule has 2 aromatic carbocycles. The Bertz CT molecular complexity index is 551. The quantitative estimate of drug-likeness (QED) is 0.711. The summed E-state index contributed by atoms with van der Waals surface area (Å²) in [5, 5.41) is 3.66. The lowest BCUT2D eigenvalue weighted by molar-refractivity contribution is 0.577. The summed E-state index contributed by atoms with van der Waals surface area (Å²) in [6, 6.07) is 17.9. The van der Waals surface area contributed by atoms with Crippen molar-refractivity contribution in [2.24, 2.45) is 0 Å². The normalized spacial score (nSPS) is 12.3. The SMILES string of the molecule is CCCNC(CSc1ccc(C)c(C)c1)c1ccccc1. The van der Waals surface area contributed by atoms with E-state index in [2.05, 4.69) is 74.6 Å². The van der Waals surface area contributed by atoms with Gasteiger partial charge in [-0.3, -0.25) is 0 Å². The van der Waals surface area contributed by atoms with Gasteiger partial charge in [-0.15, -0.1) is 11.8 Å². The zero-order valence-electron chi connectivity index (χ0n) is 13.2. The molecule has 0 saturated carbocycles. The standard InChI is InChI=1S/C19H25NS/c1-4-12-20-19(17-8-6-5-7-9-17)14-21-18-11-10-15(2)16(3)13-18/h5-11,13,19-20H,4,12,14H2,1-3H3. The molecule has 0 bridgehead atoms. The summed E-state index contributed by atoms with van der Waals surface area (Å²) < 4.78 is 0. The fourth-order valence-corrected chi connectivity index (χ4v) is 3.35. The van der Waals surface area contributed by atoms with Gasteiger partial charge >= 0.3 is 0 Å². The van der Waals surface area contributed by atoms with Crippen LogP contribution in [0.15, 0.2) is 53.4 Å². The highest BCUT2D eigenvalue weighted by atomic mass is 32.2. The molecule has 1 atom stereocenters. The van der Waals surface area contributed by atoms with Crippen LogP contribution >= 0.6 is 11.8 Å². The van der Waals surface area contributed by atoms with Crippen LogP contribution in [-0.2, 0) is 0 Å². The first-order valence-electron chi connectivity index (χ1n) is 7.69. The Balaban J connectivity index is 2.03. The molecule has 0 fully saturated rings. The predicted molar refractivity (Wildman–Crippen MR) is 94.1 cm³/mol. The van der Waals surface area contributed by atoms with Crippen molar-refractivity contribution < 1.29 is 0 Å². The van der Waals surface area contributed by atoms with Gasteiger partial charge in [0, 0.05) is 16.7 Å². The maximum Gasteiger partial charge on any atom is 0.0415 e. The number of rotatable bonds is 7. The maximum atomic E-state index is 3.66. The third kappa shape index (κ3) is 4.90. The second-order valence-corrected chi connectivity index (χ2v) is 6.57. The number of thioether (sulfide) groups is 1. The van der Waals surface area contributed by atoms with E-state index >= 15 is 0 Å². The van der Waals surface area contributed by atoms with E-state index < -0.39 is 0 Å². The van der Waals surface area contributed by atoms with Gasteiger partial charge in [0.2, 0.25) is 0 Å². The van der Waals surface area contributed by atoms with E-state index in [0.29, 0.717) is 6.04 Å². The average Bonchev–Trinajstić information content (AvgIpc) is 2.51. The molecule has 0 aliphatic heterocycles. The van der Waals surface area contributed by atoms with E-state index in [1.807, 2.05) is 11.8 Å². The highest BCUT2D eigenvalue weighted by molar-refractivity contribution is 7.99. The average molecular weight is 299 g/mol. The largest absolute Gasteiger partial charge is 0.309 e. The van der Waals surface area contributed by atoms with Crippen LogP contribution in [0.3, 0.4) is 0 Å². The van der Waals surface area contributed by atoms with Crippen molar-refractivity contribution in [3.63, 3.8) is 0 Å². The second kappa shape index (κ2) is 8.26. The predicted octanol–water partition coefficient (Wildman–Crippen LogP) is 5.14. The Hall–Kier alpha value is -1.25. The maximum absolute atomic E-state index is 3.66. The van der Waals surface area contributed by atoms with Crippen LogP contribution in [0.2, 0.25) is 0 Å². The number of aryl methyl sites for hydroxylation is 2. The van der Waals surface area contributed by atoms with Crippen LogP contribution in [0.5, 0.6) is 0 Å². The van der Waals surface area contributed by atoms with Crippen molar-refractivity contribution in [2.45, 2.75) is 38.1 Å². The number of hydrogen-bond donors (Lipinski definition) is 1. The summed E-state index contributed by atoms with van der Waals surface area (Å²) in [6.45, 7) is 7.63. The van der Waals surface area contributed by atoms with E-state index in [1.54, 1.807) is 0 Å². The van der Waals surface area contributed by atoms with Crippen LogP contribution < -0.4 is 5.32 Å². The lowest BCUT2D eigenvalue weighted by atomic mass is 10.1. The third-order valence-corrected chi connectivity index (χ3v) is 4.82. The molecule has 0 aliphatic carbocycles. The zero-order chi connectivity index (χ0) is 15.1. The summed E-state index contributed by atoms with van der Waals surface area (Å²) >= 11 is 1.93. The molecule has 0 aliphatic rings. The van der Waals surface area contributed by atoms with E-state index in [9.17, 15) is 0 Å². The summed E-state index contributed by atoms with van der Waals surface area (Å²) in [6.07, 6.45) is 1.16. The van der Waals surface area contributed by atoms with Crippen molar-refractivity contribution in [1.82, 2.24) is 5.32 Å². The van der Waals surface area contributed by atoms with Crippen LogP contribution in [0, 0.1) is 13.8 Å². The molecule has 0 radical (unpaired) electrons. The third-order valence-electron chi connectivity index (χ3n) is 3.74. The van der Waals surface area contributed by atoms with Crippen LogP contribution in [-0.4, -0.2) is 12.3 Å². The summed E-state index contributed by atoms with van der Waals surface area (Å²) in [5.41, 5.74) is 4.11. The van der Waals surface area contributed by atoms with Crippen molar-refractivity contribution >= 4 is 11.8 Å². The molecular formula is C19H25NS. The Morgan fingerprint density at radius 2 is 1.76 bits per heavy atom. The molecule has 2 aromatic rings. The molecular weight excluding hydrogens is 274 g/mol. The first kappa shape index (κ1) is 16.1. The lowest BCUT2D eigenvalue weighted by Crippen LogP contribution is -2.24.